The summed E-state index contributed by atoms with van der Waals surface area (Å²) in [5.41, 5.74) is 1.72. The predicted octanol–water partition coefficient (Wildman–Crippen LogP) is 2.08. The SMILES string of the molecule is COC(=O)/C=C/c1ccccc1/C=C/C=O. The average molecular weight is 216 g/mol. The Kier molecular flexibility index (Phi) is 4.73. The van der Waals surface area contributed by atoms with Crippen LogP contribution in [-0.2, 0) is 14.3 Å². The lowest BCUT2D eigenvalue weighted by atomic mass is 10.1. The minimum Gasteiger partial charge on any atom is -0.466 e. The standard InChI is InChI=1S/C13H12O3/c1-16-13(15)9-8-12-6-3-2-5-11(12)7-4-10-14/h2-10H,1H3/b7-4+,9-8+. The normalized spacial score (nSPS) is 10.8. The van der Waals surface area contributed by atoms with Gasteiger partial charge >= 0.3 is 5.97 Å². The highest BCUT2D eigenvalue weighted by molar-refractivity contribution is 5.88. The van der Waals surface area contributed by atoms with Gasteiger partial charge in [0.2, 0.25) is 0 Å². The first kappa shape index (κ1) is 11.9. The molecule has 0 radical (unpaired) electrons. The number of ether oxygens (including phenoxy) is 1. The van der Waals surface area contributed by atoms with E-state index in [1.54, 1.807) is 12.2 Å². The van der Waals surface area contributed by atoms with Gasteiger partial charge in [-0.2, -0.15) is 0 Å². The molecule has 1 aromatic rings. The molecule has 0 aromatic heterocycles. The van der Waals surface area contributed by atoms with E-state index in [2.05, 4.69) is 4.74 Å². The molecular formula is C13H12O3. The quantitative estimate of drug-likeness (QED) is 0.439. The second-order valence-corrected chi connectivity index (χ2v) is 2.98. The van der Waals surface area contributed by atoms with Gasteiger partial charge in [-0.05, 0) is 23.3 Å². The third-order valence-corrected chi connectivity index (χ3v) is 1.95. The van der Waals surface area contributed by atoms with Gasteiger partial charge in [0.1, 0.15) is 6.29 Å². The van der Waals surface area contributed by atoms with E-state index in [0.717, 1.165) is 11.1 Å². The predicted molar refractivity (Wildman–Crippen MR) is 62.6 cm³/mol. The number of esters is 1. The van der Waals surface area contributed by atoms with Crippen molar-refractivity contribution in [3.63, 3.8) is 0 Å². The largest absolute Gasteiger partial charge is 0.466 e. The minimum atomic E-state index is -0.408. The van der Waals surface area contributed by atoms with Gasteiger partial charge in [0, 0.05) is 6.08 Å². The summed E-state index contributed by atoms with van der Waals surface area (Å²) in [7, 11) is 1.32. The fourth-order valence-electron chi connectivity index (χ4n) is 1.18. The zero-order chi connectivity index (χ0) is 11.8. The molecule has 0 bridgehead atoms. The van der Waals surface area contributed by atoms with Gasteiger partial charge in [-0.3, -0.25) is 4.79 Å². The van der Waals surface area contributed by atoms with Crippen molar-refractivity contribution in [3.8, 4) is 0 Å². The molecule has 1 aromatic carbocycles. The van der Waals surface area contributed by atoms with Crippen molar-refractivity contribution in [2.75, 3.05) is 7.11 Å². The van der Waals surface area contributed by atoms with E-state index in [4.69, 9.17) is 0 Å². The highest BCUT2D eigenvalue weighted by Crippen LogP contribution is 2.12. The van der Waals surface area contributed by atoms with E-state index < -0.39 is 5.97 Å². The lowest BCUT2D eigenvalue weighted by Crippen LogP contribution is -1.93. The second-order valence-electron chi connectivity index (χ2n) is 2.98. The second kappa shape index (κ2) is 6.35. The molecule has 0 N–H and O–H groups in total. The fourth-order valence-corrected chi connectivity index (χ4v) is 1.18. The Balaban J connectivity index is 2.94. The number of rotatable bonds is 4. The number of hydrogen-bond acceptors (Lipinski definition) is 3. The van der Waals surface area contributed by atoms with Crippen LogP contribution in [0.2, 0.25) is 0 Å². The highest BCUT2D eigenvalue weighted by atomic mass is 16.5. The number of carbonyl (C=O) groups excluding carboxylic acids is 2. The molecule has 0 aliphatic carbocycles. The smallest absolute Gasteiger partial charge is 0.330 e. The van der Waals surface area contributed by atoms with Crippen molar-refractivity contribution in [3.05, 3.63) is 47.5 Å². The van der Waals surface area contributed by atoms with Crippen LogP contribution in [0.4, 0.5) is 0 Å². The number of aldehydes is 1. The fraction of sp³-hybridized carbons (Fsp3) is 0.0769. The maximum atomic E-state index is 10.9. The Bertz CT molecular complexity index is 431. The third-order valence-electron chi connectivity index (χ3n) is 1.95. The van der Waals surface area contributed by atoms with Gasteiger partial charge in [0.25, 0.3) is 0 Å². The maximum absolute atomic E-state index is 10.9. The number of carbonyl (C=O) groups is 2. The highest BCUT2D eigenvalue weighted by Gasteiger charge is 1.96. The van der Waals surface area contributed by atoms with Gasteiger partial charge in [0.15, 0.2) is 0 Å². The van der Waals surface area contributed by atoms with Crippen LogP contribution in [-0.4, -0.2) is 19.4 Å². The number of hydrogen-bond donors (Lipinski definition) is 0. The monoisotopic (exact) mass is 216 g/mol. The summed E-state index contributed by atoms with van der Waals surface area (Å²) < 4.78 is 4.49. The van der Waals surface area contributed by atoms with Crippen LogP contribution < -0.4 is 0 Å². The van der Waals surface area contributed by atoms with Crippen LogP contribution in [0.25, 0.3) is 12.2 Å². The average Bonchev–Trinajstić information content (AvgIpc) is 2.34. The molecule has 82 valence electrons. The molecule has 0 aliphatic heterocycles. The molecule has 1 rings (SSSR count). The summed E-state index contributed by atoms with van der Waals surface area (Å²) in [4.78, 5) is 21.2. The molecule has 0 atom stereocenters. The molecule has 0 spiro atoms. The van der Waals surface area contributed by atoms with Crippen LogP contribution in [0.15, 0.2) is 36.4 Å². The Hall–Kier alpha value is -2.16. The Morgan fingerprint density at radius 3 is 2.38 bits per heavy atom. The van der Waals surface area contributed by atoms with E-state index >= 15 is 0 Å². The van der Waals surface area contributed by atoms with Crippen LogP contribution in [0.3, 0.4) is 0 Å². The molecule has 3 nitrogen and oxygen atoms in total. The van der Waals surface area contributed by atoms with E-state index in [1.807, 2.05) is 24.3 Å². The van der Waals surface area contributed by atoms with E-state index in [9.17, 15) is 9.59 Å². The number of methoxy groups -OCH3 is 1. The first-order valence-corrected chi connectivity index (χ1v) is 4.75. The Labute approximate surface area is 94.0 Å². The summed E-state index contributed by atoms with van der Waals surface area (Å²) in [5.74, 6) is -0.408. The van der Waals surface area contributed by atoms with Gasteiger partial charge in [-0.15, -0.1) is 0 Å². The lowest BCUT2D eigenvalue weighted by molar-refractivity contribution is -0.134. The summed E-state index contributed by atoms with van der Waals surface area (Å²) >= 11 is 0. The van der Waals surface area contributed by atoms with Crippen molar-refractivity contribution in [2.24, 2.45) is 0 Å². The van der Waals surface area contributed by atoms with Crippen molar-refractivity contribution in [1.82, 2.24) is 0 Å². The molecule has 0 fully saturated rings. The molecular weight excluding hydrogens is 204 g/mol. The first-order valence-electron chi connectivity index (χ1n) is 4.75. The van der Waals surface area contributed by atoms with Crippen LogP contribution in [0.5, 0.6) is 0 Å². The van der Waals surface area contributed by atoms with Crippen LogP contribution in [0.1, 0.15) is 11.1 Å². The van der Waals surface area contributed by atoms with Crippen molar-refractivity contribution >= 4 is 24.4 Å². The summed E-state index contributed by atoms with van der Waals surface area (Å²) in [6.45, 7) is 0. The van der Waals surface area contributed by atoms with Gasteiger partial charge in [-0.25, -0.2) is 4.79 Å². The molecule has 0 heterocycles. The van der Waals surface area contributed by atoms with E-state index in [1.165, 1.54) is 19.3 Å². The Morgan fingerprint density at radius 2 is 1.81 bits per heavy atom. The topological polar surface area (TPSA) is 43.4 Å². The van der Waals surface area contributed by atoms with Crippen molar-refractivity contribution in [1.29, 1.82) is 0 Å². The number of benzene rings is 1. The molecule has 0 saturated heterocycles. The summed E-state index contributed by atoms with van der Waals surface area (Å²) in [6.07, 6.45) is 6.79. The minimum absolute atomic E-state index is 0.408. The maximum Gasteiger partial charge on any atom is 0.330 e. The zero-order valence-electron chi connectivity index (χ0n) is 8.92. The van der Waals surface area contributed by atoms with Gasteiger partial charge in [-0.1, -0.05) is 30.3 Å². The van der Waals surface area contributed by atoms with E-state index in [-0.39, 0.29) is 0 Å². The van der Waals surface area contributed by atoms with E-state index in [0.29, 0.717) is 6.29 Å². The molecule has 0 unspecified atom stereocenters. The lowest BCUT2D eigenvalue weighted by Gasteiger charge is -1.99. The first-order chi connectivity index (χ1) is 7.77. The summed E-state index contributed by atoms with van der Waals surface area (Å²) in [6, 6.07) is 7.43. The number of allylic oxidation sites excluding steroid dienone is 1. The zero-order valence-corrected chi connectivity index (χ0v) is 8.92. The van der Waals surface area contributed by atoms with Crippen LogP contribution >= 0.6 is 0 Å². The molecule has 0 saturated carbocycles. The van der Waals surface area contributed by atoms with Crippen molar-refractivity contribution in [2.45, 2.75) is 0 Å². The molecule has 0 amide bonds. The molecule has 0 aliphatic rings. The Morgan fingerprint density at radius 1 is 1.19 bits per heavy atom. The summed E-state index contributed by atoms with van der Waals surface area (Å²) in [5, 5.41) is 0. The van der Waals surface area contributed by atoms with Crippen LogP contribution in [0, 0.1) is 0 Å². The third kappa shape index (κ3) is 3.53. The molecule has 3 heteroatoms. The van der Waals surface area contributed by atoms with Gasteiger partial charge < -0.3 is 4.74 Å². The van der Waals surface area contributed by atoms with Crippen molar-refractivity contribution < 1.29 is 14.3 Å². The molecule has 16 heavy (non-hydrogen) atoms. The van der Waals surface area contributed by atoms with Gasteiger partial charge in [0.05, 0.1) is 7.11 Å².